The SMILES string of the molecule is CCCCCCCCNC1CCc2ccccc21. The first-order valence-electron chi connectivity index (χ1n) is 7.73. The summed E-state index contributed by atoms with van der Waals surface area (Å²) in [5.74, 6) is 0. The molecule has 2 rings (SSSR count). The fourth-order valence-corrected chi connectivity index (χ4v) is 2.95. The highest BCUT2D eigenvalue weighted by molar-refractivity contribution is 5.34. The van der Waals surface area contributed by atoms with Crippen LogP contribution in [0, 0.1) is 0 Å². The summed E-state index contributed by atoms with van der Waals surface area (Å²) >= 11 is 0. The van der Waals surface area contributed by atoms with Gasteiger partial charge in [-0.25, -0.2) is 0 Å². The second-order valence-corrected chi connectivity index (χ2v) is 5.51. The van der Waals surface area contributed by atoms with Gasteiger partial charge in [0.05, 0.1) is 0 Å². The van der Waals surface area contributed by atoms with E-state index in [0.717, 1.165) is 0 Å². The van der Waals surface area contributed by atoms with E-state index in [9.17, 15) is 0 Å². The smallest absolute Gasteiger partial charge is 0.0326 e. The van der Waals surface area contributed by atoms with Crippen LogP contribution in [-0.4, -0.2) is 6.54 Å². The first kappa shape index (κ1) is 13.6. The molecule has 100 valence electrons. The van der Waals surface area contributed by atoms with Gasteiger partial charge in [-0.1, -0.05) is 63.3 Å². The molecule has 1 aromatic carbocycles. The maximum absolute atomic E-state index is 3.73. The fraction of sp³-hybridized carbons (Fsp3) is 0.647. The lowest BCUT2D eigenvalue weighted by atomic mass is 10.1. The summed E-state index contributed by atoms with van der Waals surface area (Å²) in [6, 6.07) is 9.53. The Morgan fingerprint density at radius 1 is 1.06 bits per heavy atom. The van der Waals surface area contributed by atoms with Gasteiger partial charge in [0, 0.05) is 6.04 Å². The van der Waals surface area contributed by atoms with Crippen molar-refractivity contribution in [2.24, 2.45) is 0 Å². The molecule has 0 saturated carbocycles. The van der Waals surface area contributed by atoms with Crippen LogP contribution in [-0.2, 0) is 6.42 Å². The first-order valence-corrected chi connectivity index (χ1v) is 7.73. The molecular formula is C17H27N. The standard InChI is InChI=1S/C17H27N/c1-2-3-4-5-6-9-14-18-17-13-12-15-10-7-8-11-16(15)17/h7-8,10-11,17-18H,2-6,9,12-14H2,1H3. The molecule has 1 N–H and O–H groups in total. The molecule has 0 amide bonds. The average Bonchev–Trinajstić information content (AvgIpc) is 2.81. The third-order valence-corrected chi connectivity index (χ3v) is 4.05. The van der Waals surface area contributed by atoms with Gasteiger partial charge in [-0.2, -0.15) is 0 Å². The predicted molar refractivity (Wildman–Crippen MR) is 78.9 cm³/mol. The Kier molecular flexibility index (Phi) is 5.73. The average molecular weight is 245 g/mol. The molecule has 0 aromatic heterocycles. The van der Waals surface area contributed by atoms with Crippen LogP contribution in [0.3, 0.4) is 0 Å². The Morgan fingerprint density at radius 3 is 2.72 bits per heavy atom. The molecule has 1 aliphatic rings. The van der Waals surface area contributed by atoms with Crippen molar-refractivity contribution in [3.8, 4) is 0 Å². The number of hydrogen-bond donors (Lipinski definition) is 1. The fourth-order valence-electron chi connectivity index (χ4n) is 2.95. The van der Waals surface area contributed by atoms with Gasteiger partial charge in [0.25, 0.3) is 0 Å². The number of fused-ring (bicyclic) bond motifs is 1. The molecule has 0 saturated heterocycles. The van der Waals surface area contributed by atoms with E-state index in [4.69, 9.17) is 0 Å². The van der Waals surface area contributed by atoms with E-state index in [1.807, 2.05) is 0 Å². The van der Waals surface area contributed by atoms with Crippen molar-refractivity contribution in [1.82, 2.24) is 5.32 Å². The molecule has 1 aliphatic carbocycles. The molecule has 0 fully saturated rings. The minimum Gasteiger partial charge on any atom is -0.310 e. The van der Waals surface area contributed by atoms with Crippen molar-refractivity contribution in [2.45, 2.75) is 64.3 Å². The van der Waals surface area contributed by atoms with Crippen LogP contribution in [0.15, 0.2) is 24.3 Å². The maximum Gasteiger partial charge on any atom is 0.0326 e. The summed E-state index contributed by atoms with van der Waals surface area (Å²) in [6.07, 6.45) is 10.9. The number of nitrogens with one attached hydrogen (secondary N) is 1. The van der Waals surface area contributed by atoms with E-state index in [1.54, 1.807) is 11.1 Å². The van der Waals surface area contributed by atoms with Gasteiger partial charge in [-0.3, -0.25) is 0 Å². The second kappa shape index (κ2) is 7.58. The summed E-state index contributed by atoms with van der Waals surface area (Å²) in [7, 11) is 0. The topological polar surface area (TPSA) is 12.0 Å². The quantitative estimate of drug-likeness (QED) is 0.659. The van der Waals surface area contributed by atoms with E-state index >= 15 is 0 Å². The zero-order chi connectivity index (χ0) is 12.6. The third-order valence-electron chi connectivity index (χ3n) is 4.05. The van der Waals surface area contributed by atoms with Crippen LogP contribution >= 0.6 is 0 Å². The van der Waals surface area contributed by atoms with Gasteiger partial charge < -0.3 is 5.32 Å². The molecule has 0 aliphatic heterocycles. The molecule has 0 heterocycles. The number of rotatable bonds is 8. The summed E-state index contributed by atoms with van der Waals surface area (Å²) < 4.78 is 0. The molecule has 0 bridgehead atoms. The van der Waals surface area contributed by atoms with Crippen LogP contribution in [0.2, 0.25) is 0 Å². The minimum atomic E-state index is 0.622. The molecule has 1 nitrogen and oxygen atoms in total. The minimum absolute atomic E-state index is 0.622. The lowest BCUT2D eigenvalue weighted by Gasteiger charge is -2.13. The summed E-state index contributed by atoms with van der Waals surface area (Å²) in [5, 5.41) is 3.73. The van der Waals surface area contributed by atoms with E-state index < -0.39 is 0 Å². The van der Waals surface area contributed by atoms with Crippen LogP contribution in [0.5, 0.6) is 0 Å². The first-order chi connectivity index (χ1) is 8.92. The van der Waals surface area contributed by atoms with E-state index in [-0.39, 0.29) is 0 Å². The van der Waals surface area contributed by atoms with E-state index in [1.165, 1.54) is 57.9 Å². The summed E-state index contributed by atoms with van der Waals surface area (Å²) in [6.45, 7) is 3.46. The van der Waals surface area contributed by atoms with Gasteiger partial charge in [-0.15, -0.1) is 0 Å². The number of unbranched alkanes of at least 4 members (excludes halogenated alkanes) is 5. The largest absolute Gasteiger partial charge is 0.310 e. The number of aryl methyl sites for hydroxylation is 1. The van der Waals surface area contributed by atoms with Gasteiger partial charge >= 0.3 is 0 Å². The van der Waals surface area contributed by atoms with Gasteiger partial charge in [0.2, 0.25) is 0 Å². The summed E-state index contributed by atoms with van der Waals surface area (Å²) in [4.78, 5) is 0. The van der Waals surface area contributed by atoms with Gasteiger partial charge in [0.15, 0.2) is 0 Å². The highest BCUT2D eigenvalue weighted by Gasteiger charge is 2.20. The van der Waals surface area contributed by atoms with Crippen LogP contribution in [0.4, 0.5) is 0 Å². The van der Waals surface area contributed by atoms with E-state index in [2.05, 4.69) is 36.5 Å². The van der Waals surface area contributed by atoms with Crippen molar-refractivity contribution in [3.05, 3.63) is 35.4 Å². The molecule has 1 atom stereocenters. The van der Waals surface area contributed by atoms with Crippen molar-refractivity contribution < 1.29 is 0 Å². The Morgan fingerprint density at radius 2 is 1.83 bits per heavy atom. The zero-order valence-electron chi connectivity index (χ0n) is 11.8. The van der Waals surface area contributed by atoms with Crippen LogP contribution in [0.25, 0.3) is 0 Å². The molecule has 1 unspecified atom stereocenters. The number of benzene rings is 1. The molecule has 0 radical (unpaired) electrons. The maximum atomic E-state index is 3.73. The van der Waals surface area contributed by atoms with Crippen molar-refractivity contribution in [2.75, 3.05) is 6.54 Å². The highest BCUT2D eigenvalue weighted by Crippen LogP contribution is 2.30. The second-order valence-electron chi connectivity index (χ2n) is 5.51. The predicted octanol–water partition coefficient (Wildman–Crippen LogP) is 4.62. The lowest BCUT2D eigenvalue weighted by Crippen LogP contribution is -2.20. The Hall–Kier alpha value is -0.820. The molecule has 0 spiro atoms. The molecular weight excluding hydrogens is 218 g/mol. The van der Waals surface area contributed by atoms with Crippen molar-refractivity contribution in [3.63, 3.8) is 0 Å². The van der Waals surface area contributed by atoms with Crippen LogP contribution in [0.1, 0.15) is 69.0 Å². The van der Waals surface area contributed by atoms with Gasteiger partial charge in [0.1, 0.15) is 0 Å². The van der Waals surface area contributed by atoms with Crippen LogP contribution < -0.4 is 5.32 Å². The monoisotopic (exact) mass is 245 g/mol. The Bertz CT molecular complexity index is 345. The Labute approximate surface area is 112 Å². The molecule has 1 aromatic rings. The normalized spacial score (nSPS) is 17.9. The van der Waals surface area contributed by atoms with Crippen molar-refractivity contribution in [1.29, 1.82) is 0 Å². The Balaban J connectivity index is 1.61. The molecule has 18 heavy (non-hydrogen) atoms. The molecule has 1 heteroatoms. The number of hydrogen-bond acceptors (Lipinski definition) is 1. The lowest BCUT2D eigenvalue weighted by molar-refractivity contribution is 0.501. The van der Waals surface area contributed by atoms with Crippen molar-refractivity contribution >= 4 is 0 Å². The highest BCUT2D eigenvalue weighted by atomic mass is 14.9. The van der Waals surface area contributed by atoms with Gasteiger partial charge in [-0.05, 0) is 36.9 Å². The summed E-state index contributed by atoms with van der Waals surface area (Å²) in [5.41, 5.74) is 3.10. The van der Waals surface area contributed by atoms with E-state index in [0.29, 0.717) is 6.04 Å². The third kappa shape index (κ3) is 3.84. The zero-order valence-corrected chi connectivity index (χ0v) is 11.8.